The molecule has 3 nitrogen and oxygen atoms in total. The molecule has 0 atom stereocenters. The van der Waals surface area contributed by atoms with Gasteiger partial charge in [0.1, 0.15) is 11.5 Å². The minimum Gasteiger partial charge on any atom is -0.494 e. The van der Waals surface area contributed by atoms with Crippen molar-refractivity contribution >= 4 is 5.69 Å². The zero-order valence-corrected chi connectivity index (χ0v) is 16.6. The van der Waals surface area contributed by atoms with Crippen LogP contribution in [-0.2, 0) is 6.54 Å². The largest absolute Gasteiger partial charge is 0.494 e. The summed E-state index contributed by atoms with van der Waals surface area (Å²) in [6.07, 6.45) is 2.15. The first-order chi connectivity index (χ1) is 12.5. The molecular weight excluding hydrogens is 322 g/mol. The fourth-order valence-corrected chi connectivity index (χ4v) is 2.47. The Hall–Kier alpha value is -2.16. The van der Waals surface area contributed by atoms with Gasteiger partial charge in [-0.15, -0.1) is 0 Å². The van der Waals surface area contributed by atoms with E-state index in [1.807, 2.05) is 24.3 Å². The van der Waals surface area contributed by atoms with Gasteiger partial charge in [0.15, 0.2) is 0 Å². The van der Waals surface area contributed by atoms with E-state index in [9.17, 15) is 0 Å². The van der Waals surface area contributed by atoms with Crippen molar-refractivity contribution in [3.63, 3.8) is 0 Å². The Kier molecular flexibility index (Phi) is 8.33. The summed E-state index contributed by atoms with van der Waals surface area (Å²) in [5, 5.41) is 3.47. The average Bonchev–Trinajstić information content (AvgIpc) is 2.60. The van der Waals surface area contributed by atoms with Crippen molar-refractivity contribution in [3.05, 3.63) is 54.1 Å². The Balaban J connectivity index is 1.84. The first-order valence-corrected chi connectivity index (χ1v) is 9.71. The molecule has 0 saturated carbocycles. The summed E-state index contributed by atoms with van der Waals surface area (Å²) < 4.78 is 11.7. The van der Waals surface area contributed by atoms with Gasteiger partial charge in [0.25, 0.3) is 0 Å². The molecule has 142 valence electrons. The van der Waals surface area contributed by atoms with Crippen LogP contribution >= 0.6 is 0 Å². The standard InChI is InChI=1S/C23H33NO2/c1-18(2)11-13-25-22-9-5-7-20(15-22)17-24-21-8-6-10-23(16-21)26-14-12-19(3)4/h5-10,15-16,18-19,24H,11-14,17H2,1-4H3. The van der Waals surface area contributed by atoms with Gasteiger partial charge >= 0.3 is 0 Å². The van der Waals surface area contributed by atoms with E-state index >= 15 is 0 Å². The molecule has 0 aliphatic rings. The molecule has 0 radical (unpaired) electrons. The van der Waals surface area contributed by atoms with Crippen LogP contribution in [0.1, 0.15) is 46.1 Å². The summed E-state index contributed by atoms with van der Waals surface area (Å²) in [5.74, 6) is 3.18. The molecule has 0 bridgehead atoms. The number of benzene rings is 2. The van der Waals surface area contributed by atoms with Crippen molar-refractivity contribution in [3.8, 4) is 11.5 Å². The fraction of sp³-hybridized carbons (Fsp3) is 0.478. The van der Waals surface area contributed by atoms with Gasteiger partial charge in [-0.2, -0.15) is 0 Å². The van der Waals surface area contributed by atoms with Crippen LogP contribution in [0.2, 0.25) is 0 Å². The molecule has 2 aromatic rings. The third kappa shape index (κ3) is 7.81. The summed E-state index contributed by atoms with van der Waals surface area (Å²) in [7, 11) is 0. The minimum atomic E-state index is 0.659. The van der Waals surface area contributed by atoms with Crippen molar-refractivity contribution in [1.29, 1.82) is 0 Å². The number of ether oxygens (including phenoxy) is 2. The molecule has 26 heavy (non-hydrogen) atoms. The van der Waals surface area contributed by atoms with Crippen LogP contribution in [-0.4, -0.2) is 13.2 Å². The molecule has 0 aliphatic carbocycles. The molecule has 0 unspecified atom stereocenters. The van der Waals surface area contributed by atoms with E-state index in [1.54, 1.807) is 0 Å². The highest BCUT2D eigenvalue weighted by atomic mass is 16.5. The van der Waals surface area contributed by atoms with Crippen molar-refractivity contribution < 1.29 is 9.47 Å². The Labute approximate surface area is 158 Å². The second kappa shape index (κ2) is 10.7. The molecule has 3 heteroatoms. The van der Waals surface area contributed by atoms with E-state index in [2.05, 4.69) is 57.3 Å². The van der Waals surface area contributed by atoms with Gasteiger partial charge < -0.3 is 14.8 Å². The zero-order chi connectivity index (χ0) is 18.8. The number of nitrogens with one attached hydrogen (secondary N) is 1. The van der Waals surface area contributed by atoms with Crippen LogP contribution in [0.4, 0.5) is 5.69 Å². The maximum Gasteiger partial charge on any atom is 0.121 e. The van der Waals surface area contributed by atoms with Gasteiger partial charge in [0.2, 0.25) is 0 Å². The van der Waals surface area contributed by atoms with Crippen LogP contribution in [0.25, 0.3) is 0 Å². The summed E-state index contributed by atoms with van der Waals surface area (Å²) in [6, 6.07) is 16.5. The molecule has 2 aromatic carbocycles. The van der Waals surface area contributed by atoms with Crippen molar-refractivity contribution in [1.82, 2.24) is 0 Å². The van der Waals surface area contributed by atoms with Crippen LogP contribution in [0.3, 0.4) is 0 Å². The van der Waals surface area contributed by atoms with Crippen molar-refractivity contribution in [2.45, 2.75) is 47.1 Å². The van der Waals surface area contributed by atoms with Gasteiger partial charge in [-0.3, -0.25) is 0 Å². The van der Waals surface area contributed by atoms with Crippen molar-refractivity contribution in [2.24, 2.45) is 11.8 Å². The Morgan fingerprint density at radius 3 is 1.96 bits per heavy atom. The topological polar surface area (TPSA) is 30.5 Å². The zero-order valence-electron chi connectivity index (χ0n) is 16.6. The molecule has 0 aliphatic heterocycles. The molecule has 2 rings (SSSR count). The monoisotopic (exact) mass is 355 g/mol. The van der Waals surface area contributed by atoms with Gasteiger partial charge in [0, 0.05) is 18.3 Å². The van der Waals surface area contributed by atoms with Gasteiger partial charge in [-0.25, -0.2) is 0 Å². The highest BCUT2D eigenvalue weighted by molar-refractivity contribution is 5.48. The molecule has 0 heterocycles. The molecule has 0 fully saturated rings. The second-order valence-corrected chi connectivity index (χ2v) is 7.59. The number of hydrogen-bond acceptors (Lipinski definition) is 3. The highest BCUT2D eigenvalue weighted by Gasteiger charge is 2.01. The molecular formula is C23H33NO2. The van der Waals surface area contributed by atoms with Crippen LogP contribution < -0.4 is 14.8 Å². The van der Waals surface area contributed by atoms with Crippen LogP contribution in [0.5, 0.6) is 11.5 Å². The first-order valence-electron chi connectivity index (χ1n) is 9.71. The van der Waals surface area contributed by atoms with Gasteiger partial charge in [-0.05, 0) is 54.5 Å². The molecule has 1 N–H and O–H groups in total. The quantitative estimate of drug-likeness (QED) is 0.524. The van der Waals surface area contributed by atoms with Gasteiger partial charge in [0.05, 0.1) is 13.2 Å². The van der Waals surface area contributed by atoms with Crippen LogP contribution in [0, 0.1) is 11.8 Å². The predicted octanol–water partition coefficient (Wildman–Crippen LogP) is 6.15. The maximum absolute atomic E-state index is 5.84. The normalized spacial score (nSPS) is 11.0. The maximum atomic E-state index is 5.84. The number of rotatable bonds is 11. The van der Waals surface area contributed by atoms with E-state index in [-0.39, 0.29) is 0 Å². The minimum absolute atomic E-state index is 0.659. The lowest BCUT2D eigenvalue weighted by molar-refractivity contribution is 0.289. The van der Waals surface area contributed by atoms with Crippen molar-refractivity contribution in [2.75, 3.05) is 18.5 Å². The molecule has 0 spiro atoms. The number of anilines is 1. The van der Waals surface area contributed by atoms with E-state index in [4.69, 9.17) is 9.47 Å². The predicted molar refractivity (Wildman–Crippen MR) is 110 cm³/mol. The SMILES string of the molecule is CC(C)CCOc1cccc(CNc2cccc(OCCC(C)C)c2)c1. The van der Waals surface area contributed by atoms with Crippen LogP contribution in [0.15, 0.2) is 48.5 Å². The molecule has 0 aromatic heterocycles. The molecule has 0 saturated heterocycles. The van der Waals surface area contributed by atoms with E-state index < -0.39 is 0 Å². The fourth-order valence-electron chi connectivity index (χ4n) is 2.47. The Morgan fingerprint density at radius 2 is 1.35 bits per heavy atom. The van der Waals surface area contributed by atoms with E-state index in [0.29, 0.717) is 11.8 Å². The lowest BCUT2D eigenvalue weighted by Gasteiger charge is -2.12. The number of hydrogen-bond donors (Lipinski definition) is 1. The van der Waals surface area contributed by atoms with E-state index in [0.717, 1.165) is 49.8 Å². The summed E-state index contributed by atoms with van der Waals surface area (Å²) in [6.45, 7) is 11.1. The summed E-state index contributed by atoms with van der Waals surface area (Å²) in [4.78, 5) is 0. The highest BCUT2D eigenvalue weighted by Crippen LogP contribution is 2.20. The summed E-state index contributed by atoms with van der Waals surface area (Å²) in [5.41, 5.74) is 2.27. The Morgan fingerprint density at radius 1 is 0.769 bits per heavy atom. The lowest BCUT2D eigenvalue weighted by Crippen LogP contribution is -2.04. The Bertz CT molecular complexity index is 595. The summed E-state index contributed by atoms with van der Waals surface area (Å²) >= 11 is 0. The molecule has 0 amide bonds. The third-order valence-corrected chi connectivity index (χ3v) is 4.16. The third-order valence-electron chi connectivity index (χ3n) is 4.16. The first kappa shape index (κ1) is 20.2. The average molecular weight is 356 g/mol. The van der Waals surface area contributed by atoms with Gasteiger partial charge in [-0.1, -0.05) is 45.9 Å². The lowest BCUT2D eigenvalue weighted by atomic mass is 10.1. The smallest absolute Gasteiger partial charge is 0.121 e. The second-order valence-electron chi connectivity index (χ2n) is 7.59. The van der Waals surface area contributed by atoms with E-state index in [1.165, 1.54) is 5.56 Å².